The average molecular weight is 160 g/mol. The van der Waals surface area contributed by atoms with Gasteiger partial charge in [0.05, 0.1) is 0 Å². The minimum atomic E-state index is 1.04. The van der Waals surface area contributed by atoms with Crippen LogP contribution in [0.5, 0.6) is 0 Å². The number of hydrogen-bond acceptors (Lipinski definition) is 0. The SMILES string of the molecule is CC1CCC2C3C1C3[C@]13CC1C23. The molecule has 8 atom stereocenters. The molecule has 1 spiro atoms. The Morgan fingerprint density at radius 2 is 2.00 bits per heavy atom. The molecule has 5 aliphatic rings. The van der Waals surface area contributed by atoms with Gasteiger partial charge in [0.2, 0.25) is 0 Å². The highest BCUT2D eigenvalue weighted by atomic mass is 15.0. The maximum atomic E-state index is 2.52. The molecule has 0 aromatic heterocycles. The van der Waals surface area contributed by atoms with Crippen molar-refractivity contribution in [2.45, 2.75) is 26.2 Å². The van der Waals surface area contributed by atoms with Crippen molar-refractivity contribution < 1.29 is 0 Å². The zero-order chi connectivity index (χ0) is 7.66. The van der Waals surface area contributed by atoms with E-state index in [0.29, 0.717) is 0 Å². The van der Waals surface area contributed by atoms with Gasteiger partial charge in [0.25, 0.3) is 0 Å². The molecule has 0 nitrogen and oxygen atoms in total. The Morgan fingerprint density at radius 1 is 1.08 bits per heavy atom. The lowest BCUT2D eigenvalue weighted by Gasteiger charge is -2.28. The van der Waals surface area contributed by atoms with E-state index in [-0.39, 0.29) is 0 Å². The maximum Gasteiger partial charge on any atom is -0.0195 e. The molecule has 0 aromatic rings. The lowest BCUT2D eigenvalue weighted by atomic mass is 9.77. The molecule has 5 aliphatic carbocycles. The second-order valence-electron chi connectivity index (χ2n) is 6.35. The molecule has 0 aromatic carbocycles. The third-order valence-corrected chi connectivity index (χ3v) is 6.37. The fraction of sp³-hybridized carbons (Fsp3) is 1.00. The zero-order valence-electron chi connectivity index (χ0n) is 7.66. The Morgan fingerprint density at radius 3 is 2.83 bits per heavy atom. The van der Waals surface area contributed by atoms with Crippen LogP contribution in [0.3, 0.4) is 0 Å². The van der Waals surface area contributed by atoms with Gasteiger partial charge in [-0.05, 0) is 59.7 Å². The molecule has 12 heavy (non-hydrogen) atoms. The van der Waals surface area contributed by atoms with Crippen molar-refractivity contribution in [2.24, 2.45) is 46.8 Å². The minimum absolute atomic E-state index is 1.04. The van der Waals surface area contributed by atoms with Gasteiger partial charge in [-0.3, -0.25) is 0 Å². The summed E-state index contributed by atoms with van der Waals surface area (Å²) in [6.45, 7) is 2.52. The third kappa shape index (κ3) is 0.324. The van der Waals surface area contributed by atoms with Gasteiger partial charge in [0, 0.05) is 0 Å². The number of rotatable bonds is 0. The van der Waals surface area contributed by atoms with Crippen LogP contribution in [-0.4, -0.2) is 0 Å². The predicted molar refractivity (Wildman–Crippen MR) is 46.4 cm³/mol. The molecule has 0 saturated heterocycles. The molecule has 0 aliphatic heterocycles. The van der Waals surface area contributed by atoms with Gasteiger partial charge in [-0.15, -0.1) is 0 Å². The van der Waals surface area contributed by atoms with Crippen LogP contribution in [0.1, 0.15) is 26.2 Å². The van der Waals surface area contributed by atoms with E-state index in [1.165, 1.54) is 35.5 Å². The molecule has 0 amide bonds. The van der Waals surface area contributed by atoms with Crippen molar-refractivity contribution in [3.05, 3.63) is 0 Å². The van der Waals surface area contributed by atoms with Crippen LogP contribution in [0.4, 0.5) is 0 Å². The Bertz CT molecular complexity index is 290. The first-order valence-electron chi connectivity index (χ1n) is 5.86. The highest BCUT2D eigenvalue weighted by molar-refractivity contribution is 5.41. The quantitative estimate of drug-likeness (QED) is 0.511. The first-order valence-corrected chi connectivity index (χ1v) is 5.86. The van der Waals surface area contributed by atoms with Crippen LogP contribution in [0.2, 0.25) is 0 Å². The predicted octanol–water partition coefficient (Wildman–Crippen LogP) is 2.54. The Balaban J connectivity index is 1.67. The van der Waals surface area contributed by atoms with Gasteiger partial charge < -0.3 is 0 Å². The van der Waals surface area contributed by atoms with E-state index in [9.17, 15) is 0 Å². The van der Waals surface area contributed by atoms with Crippen LogP contribution < -0.4 is 0 Å². The monoisotopic (exact) mass is 160 g/mol. The minimum Gasteiger partial charge on any atom is -0.0622 e. The van der Waals surface area contributed by atoms with E-state index >= 15 is 0 Å². The van der Waals surface area contributed by atoms with E-state index in [4.69, 9.17) is 0 Å². The standard InChI is InChI=1S/C12H16/c1-5-2-3-6-9-8(5)11(9)12-4-7(12)10(6)12/h5-11H,2-4H2,1H3/t5?,6?,7?,8?,9?,10?,11?,12-/m1/s1. The maximum absolute atomic E-state index is 2.52. The van der Waals surface area contributed by atoms with Crippen LogP contribution in [0.15, 0.2) is 0 Å². The molecule has 64 valence electrons. The first kappa shape index (κ1) is 5.67. The van der Waals surface area contributed by atoms with Crippen molar-refractivity contribution >= 4 is 0 Å². The van der Waals surface area contributed by atoms with Crippen LogP contribution in [-0.2, 0) is 0 Å². The molecule has 5 saturated carbocycles. The molecule has 0 radical (unpaired) electrons. The van der Waals surface area contributed by atoms with Gasteiger partial charge in [-0.1, -0.05) is 13.3 Å². The molecule has 7 unspecified atom stereocenters. The van der Waals surface area contributed by atoms with Gasteiger partial charge in [0.1, 0.15) is 0 Å². The summed E-state index contributed by atoms with van der Waals surface area (Å²) in [5, 5.41) is 0. The fourth-order valence-electron chi connectivity index (χ4n) is 5.92. The van der Waals surface area contributed by atoms with Crippen molar-refractivity contribution in [3.63, 3.8) is 0 Å². The topological polar surface area (TPSA) is 0 Å². The van der Waals surface area contributed by atoms with Gasteiger partial charge >= 0.3 is 0 Å². The summed E-state index contributed by atoms with van der Waals surface area (Å²) < 4.78 is 0. The normalized spacial score (nSPS) is 85.2. The molecule has 5 fully saturated rings. The third-order valence-electron chi connectivity index (χ3n) is 6.37. The van der Waals surface area contributed by atoms with Crippen LogP contribution >= 0.6 is 0 Å². The van der Waals surface area contributed by atoms with Gasteiger partial charge in [-0.2, -0.15) is 0 Å². The van der Waals surface area contributed by atoms with Crippen LogP contribution in [0.25, 0.3) is 0 Å². The Labute approximate surface area is 73.7 Å². The molecule has 5 rings (SSSR count). The van der Waals surface area contributed by atoms with Gasteiger partial charge in [-0.25, -0.2) is 0 Å². The highest BCUT2D eigenvalue weighted by Gasteiger charge is 2.94. The largest absolute Gasteiger partial charge is 0.0622 e. The summed E-state index contributed by atoms with van der Waals surface area (Å²) in [5.74, 6) is 8.68. The summed E-state index contributed by atoms with van der Waals surface area (Å²) >= 11 is 0. The van der Waals surface area contributed by atoms with Gasteiger partial charge in [0.15, 0.2) is 0 Å². The van der Waals surface area contributed by atoms with E-state index in [1.807, 2.05) is 0 Å². The number of fused-ring (bicyclic) bond motifs is 3. The summed E-state index contributed by atoms with van der Waals surface area (Å²) in [7, 11) is 0. The lowest BCUT2D eigenvalue weighted by Crippen LogP contribution is -2.21. The molecule has 0 bridgehead atoms. The first-order chi connectivity index (χ1) is 5.86. The van der Waals surface area contributed by atoms with Crippen molar-refractivity contribution in [1.82, 2.24) is 0 Å². The van der Waals surface area contributed by atoms with E-state index in [2.05, 4.69) is 6.92 Å². The van der Waals surface area contributed by atoms with Crippen molar-refractivity contribution in [3.8, 4) is 0 Å². The lowest BCUT2D eigenvalue weighted by molar-refractivity contribution is 0.206. The van der Waals surface area contributed by atoms with Crippen molar-refractivity contribution in [2.75, 3.05) is 0 Å². The summed E-state index contributed by atoms with van der Waals surface area (Å²) in [6, 6.07) is 0. The molecule has 0 N–H and O–H groups in total. The van der Waals surface area contributed by atoms with Crippen molar-refractivity contribution in [1.29, 1.82) is 0 Å². The van der Waals surface area contributed by atoms with E-state index in [0.717, 1.165) is 11.3 Å². The van der Waals surface area contributed by atoms with E-state index in [1.54, 1.807) is 19.3 Å². The molecular formula is C12H16. The molecule has 0 heterocycles. The Kier molecular flexibility index (Phi) is 0.578. The number of hydrogen-bond donors (Lipinski definition) is 0. The Hall–Kier alpha value is 0. The smallest absolute Gasteiger partial charge is 0.0195 e. The summed E-state index contributed by atoms with van der Waals surface area (Å²) in [6.07, 6.45) is 4.85. The second-order valence-corrected chi connectivity index (χ2v) is 6.35. The highest BCUT2D eigenvalue weighted by Crippen LogP contribution is 2.99. The molecular weight excluding hydrogens is 144 g/mol. The zero-order valence-corrected chi connectivity index (χ0v) is 7.66. The summed E-state index contributed by atoms with van der Waals surface area (Å²) in [4.78, 5) is 0. The second kappa shape index (κ2) is 1.22. The van der Waals surface area contributed by atoms with E-state index < -0.39 is 0 Å². The molecule has 0 heteroatoms. The van der Waals surface area contributed by atoms with Crippen LogP contribution in [0, 0.1) is 46.8 Å². The summed E-state index contributed by atoms with van der Waals surface area (Å²) in [5.41, 5.74) is 1.04. The average Bonchev–Trinajstić information content (AvgIpc) is 2.76. The fourth-order valence-corrected chi connectivity index (χ4v) is 5.92.